The van der Waals surface area contributed by atoms with Gasteiger partial charge in [0.25, 0.3) is 0 Å². The Morgan fingerprint density at radius 2 is 1.66 bits per heavy atom. The molecular weight excluding hydrogens is 373 g/mol. The van der Waals surface area contributed by atoms with Crippen molar-refractivity contribution in [1.82, 2.24) is 4.90 Å². The zero-order valence-corrected chi connectivity index (χ0v) is 19.9. The Morgan fingerprint density at radius 1 is 0.966 bits per heavy atom. The summed E-state index contributed by atoms with van der Waals surface area (Å²) in [4.78, 5) is 2.63. The monoisotopic (exact) mass is 411 g/mol. The van der Waals surface area contributed by atoms with Crippen LogP contribution in [0.3, 0.4) is 0 Å². The van der Waals surface area contributed by atoms with Crippen LogP contribution < -0.4 is 5.30 Å². The summed E-state index contributed by atoms with van der Waals surface area (Å²) in [5, 5.41) is 12.5. The predicted octanol–water partition coefficient (Wildman–Crippen LogP) is 6.32. The summed E-state index contributed by atoms with van der Waals surface area (Å²) in [6, 6.07) is 11.1. The molecule has 3 heteroatoms. The quantitative estimate of drug-likeness (QED) is 0.539. The molecule has 2 nitrogen and oxygen atoms in total. The number of piperidine rings is 1. The Balaban J connectivity index is 2.01. The smallest absolute Gasteiger partial charge is 0.122 e. The van der Waals surface area contributed by atoms with Gasteiger partial charge in [0.1, 0.15) is 5.75 Å². The van der Waals surface area contributed by atoms with E-state index in [-0.39, 0.29) is 5.16 Å². The maximum atomic E-state index is 11.0. The molecule has 1 aliphatic heterocycles. The van der Waals surface area contributed by atoms with Gasteiger partial charge in [0.2, 0.25) is 0 Å². The topological polar surface area (TPSA) is 23.5 Å². The van der Waals surface area contributed by atoms with Gasteiger partial charge < -0.3 is 5.11 Å². The summed E-state index contributed by atoms with van der Waals surface area (Å²) in [5.74, 6) is 0.498. The number of rotatable bonds is 7. The highest BCUT2D eigenvalue weighted by atomic mass is 31.1. The Kier molecular flexibility index (Phi) is 7.41. The van der Waals surface area contributed by atoms with Crippen LogP contribution in [0.2, 0.25) is 0 Å². The van der Waals surface area contributed by atoms with E-state index in [0.29, 0.717) is 14.3 Å². The normalized spacial score (nSPS) is 16.0. The summed E-state index contributed by atoms with van der Waals surface area (Å²) < 4.78 is 0. The molecule has 1 saturated heterocycles. The van der Waals surface area contributed by atoms with E-state index in [2.05, 4.69) is 62.9 Å². The number of aryl methyl sites for hydroxylation is 3. The molecule has 0 bridgehead atoms. The molecule has 1 unspecified atom stereocenters. The average Bonchev–Trinajstić information content (AvgIpc) is 2.72. The van der Waals surface area contributed by atoms with E-state index < -0.39 is 0 Å². The van der Waals surface area contributed by atoms with Crippen molar-refractivity contribution in [1.29, 1.82) is 0 Å². The minimum absolute atomic E-state index is 0.0103. The summed E-state index contributed by atoms with van der Waals surface area (Å²) >= 11 is 0. The summed E-state index contributed by atoms with van der Waals surface area (Å²) in [7, 11) is 0.664. The largest absolute Gasteiger partial charge is 0.507 e. The molecule has 1 N–H and O–H groups in total. The van der Waals surface area contributed by atoms with Crippen LogP contribution in [0.15, 0.2) is 30.3 Å². The highest BCUT2D eigenvalue weighted by Crippen LogP contribution is 2.51. The molecule has 0 amide bonds. The standard InChI is InChI=1S/C26H38NOP/c1-6-26(7-2,23-17-19(3)16-21(5)24(23)28)29-25-20(4)12-11-13-22(25)18-27-14-9-8-10-15-27/h11-13,16-17,28-29H,6-10,14-15,18H2,1-5H3. The number of likely N-dealkylation sites (tertiary alicyclic amines) is 1. The van der Waals surface area contributed by atoms with Gasteiger partial charge in [0.15, 0.2) is 0 Å². The lowest BCUT2D eigenvalue weighted by Crippen LogP contribution is -2.32. The van der Waals surface area contributed by atoms with Gasteiger partial charge in [-0.2, -0.15) is 0 Å². The third-order valence-corrected chi connectivity index (χ3v) is 9.15. The third kappa shape index (κ3) is 4.86. The van der Waals surface area contributed by atoms with E-state index in [9.17, 15) is 5.11 Å². The number of aromatic hydroxyl groups is 1. The molecule has 1 aliphatic rings. The van der Waals surface area contributed by atoms with Crippen LogP contribution >= 0.6 is 8.58 Å². The molecule has 1 atom stereocenters. The molecule has 158 valence electrons. The second kappa shape index (κ2) is 9.63. The van der Waals surface area contributed by atoms with E-state index in [4.69, 9.17) is 0 Å². The van der Waals surface area contributed by atoms with Crippen LogP contribution in [-0.2, 0) is 11.7 Å². The Bertz CT molecular complexity index is 835. The Hall–Kier alpha value is -1.37. The van der Waals surface area contributed by atoms with Gasteiger partial charge in [-0.1, -0.05) is 64.7 Å². The fourth-order valence-electron chi connectivity index (χ4n) is 4.84. The van der Waals surface area contributed by atoms with Crippen molar-refractivity contribution in [3.63, 3.8) is 0 Å². The summed E-state index contributed by atoms with van der Waals surface area (Å²) in [6.45, 7) is 14.5. The molecule has 0 radical (unpaired) electrons. The van der Waals surface area contributed by atoms with Gasteiger partial charge in [-0.05, 0) is 81.5 Å². The summed E-state index contributed by atoms with van der Waals surface area (Å²) in [6.07, 6.45) is 6.10. The van der Waals surface area contributed by atoms with Crippen LogP contribution in [0.5, 0.6) is 5.75 Å². The maximum absolute atomic E-state index is 11.0. The van der Waals surface area contributed by atoms with Crippen molar-refractivity contribution in [3.05, 3.63) is 58.1 Å². The number of benzene rings is 2. The first kappa shape index (κ1) is 22.3. The molecule has 3 rings (SSSR count). The van der Waals surface area contributed by atoms with Crippen molar-refractivity contribution in [3.8, 4) is 5.75 Å². The number of phenols is 1. The van der Waals surface area contributed by atoms with Crippen LogP contribution in [-0.4, -0.2) is 23.1 Å². The number of nitrogens with zero attached hydrogens (tertiary/aromatic N) is 1. The highest BCUT2D eigenvalue weighted by molar-refractivity contribution is 7.48. The van der Waals surface area contributed by atoms with E-state index in [1.807, 2.05) is 6.92 Å². The van der Waals surface area contributed by atoms with Crippen molar-refractivity contribution >= 4 is 13.9 Å². The molecule has 2 aromatic carbocycles. The number of hydrogen-bond donors (Lipinski definition) is 1. The van der Waals surface area contributed by atoms with E-state index in [1.165, 1.54) is 54.3 Å². The molecule has 1 fully saturated rings. The molecule has 0 aromatic heterocycles. The van der Waals surface area contributed by atoms with Crippen LogP contribution in [0, 0.1) is 20.8 Å². The van der Waals surface area contributed by atoms with Crippen molar-refractivity contribution in [2.45, 2.75) is 78.4 Å². The summed E-state index contributed by atoms with van der Waals surface area (Å²) in [5.41, 5.74) is 6.26. The lowest BCUT2D eigenvalue weighted by atomic mass is 9.89. The Morgan fingerprint density at radius 3 is 2.31 bits per heavy atom. The zero-order valence-electron chi connectivity index (χ0n) is 18.9. The van der Waals surface area contributed by atoms with E-state index in [0.717, 1.165) is 30.5 Å². The lowest BCUT2D eigenvalue weighted by molar-refractivity contribution is 0.221. The van der Waals surface area contributed by atoms with Crippen molar-refractivity contribution in [2.75, 3.05) is 13.1 Å². The molecular formula is C26H38NOP. The fourth-order valence-corrected chi connectivity index (χ4v) is 6.60. The SMILES string of the molecule is CCC(CC)(Pc1c(C)cccc1CN1CCCCC1)c1cc(C)cc(C)c1O. The maximum Gasteiger partial charge on any atom is 0.122 e. The third-order valence-electron chi connectivity index (χ3n) is 6.73. The predicted molar refractivity (Wildman–Crippen MR) is 128 cm³/mol. The second-order valence-electron chi connectivity index (χ2n) is 8.84. The molecule has 0 spiro atoms. The van der Waals surface area contributed by atoms with Gasteiger partial charge >= 0.3 is 0 Å². The van der Waals surface area contributed by atoms with Crippen LogP contribution in [0.4, 0.5) is 0 Å². The molecule has 29 heavy (non-hydrogen) atoms. The van der Waals surface area contributed by atoms with Gasteiger partial charge in [-0.25, -0.2) is 0 Å². The Labute approximate surface area is 179 Å². The van der Waals surface area contributed by atoms with E-state index in [1.54, 1.807) is 0 Å². The molecule has 2 aromatic rings. The van der Waals surface area contributed by atoms with Gasteiger partial charge in [-0.3, -0.25) is 4.90 Å². The van der Waals surface area contributed by atoms with E-state index >= 15 is 0 Å². The first-order chi connectivity index (χ1) is 13.9. The van der Waals surface area contributed by atoms with Gasteiger partial charge in [0.05, 0.1) is 0 Å². The molecule has 0 saturated carbocycles. The minimum Gasteiger partial charge on any atom is -0.507 e. The highest BCUT2D eigenvalue weighted by Gasteiger charge is 2.33. The number of hydrogen-bond acceptors (Lipinski definition) is 2. The van der Waals surface area contributed by atoms with Gasteiger partial charge in [0, 0.05) is 17.3 Å². The van der Waals surface area contributed by atoms with Crippen LogP contribution in [0.1, 0.15) is 73.8 Å². The van der Waals surface area contributed by atoms with Gasteiger partial charge in [-0.15, -0.1) is 0 Å². The first-order valence-corrected chi connectivity index (χ1v) is 12.3. The van der Waals surface area contributed by atoms with Crippen LogP contribution in [0.25, 0.3) is 0 Å². The minimum atomic E-state index is -0.0103. The first-order valence-electron chi connectivity index (χ1n) is 11.3. The molecule has 1 heterocycles. The van der Waals surface area contributed by atoms with Crippen molar-refractivity contribution in [2.24, 2.45) is 0 Å². The fraction of sp³-hybridized carbons (Fsp3) is 0.538. The average molecular weight is 412 g/mol. The lowest BCUT2D eigenvalue weighted by Gasteiger charge is -2.36. The number of phenolic OH excluding ortho intramolecular Hbond substituents is 1. The zero-order chi connectivity index (χ0) is 21.0. The van der Waals surface area contributed by atoms with Crippen molar-refractivity contribution < 1.29 is 5.11 Å². The molecule has 0 aliphatic carbocycles. The second-order valence-corrected chi connectivity index (χ2v) is 10.5.